The van der Waals surface area contributed by atoms with E-state index in [0.29, 0.717) is 22.4 Å². The van der Waals surface area contributed by atoms with Gasteiger partial charge in [0.2, 0.25) is 0 Å². The molecule has 0 bridgehead atoms. The predicted molar refractivity (Wildman–Crippen MR) is 70.5 cm³/mol. The molecule has 1 aromatic carbocycles. The van der Waals surface area contributed by atoms with Crippen LogP contribution < -0.4 is 11.1 Å². The Morgan fingerprint density at radius 3 is 2.81 bits per heavy atom. The number of benzene rings is 1. The summed E-state index contributed by atoms with van der Waals surface area (Å²) in [7, 11) is -0.889. The number of nitrogens with two attached hydrogens (primary N) is 1. The van der Waals surface area contributed by atoms with Crippen molar-refractivity contribution < 1.29 is 8.60 Å². The van der Waals surface area contributed by atoms with Crippen LogP contribution in [0.3, 0.4) is 0 Å². The second-order valence-electron chi connectivity index (χ2n) is 3.54. The molecular formula is C10H14BrFN2OS. The summed E-state index contributed by atoms with van der Waals surface area (Å²) in [5.41, 5.74) is 6.64. The first-order valence-electron chi connectivity index (χ1n) is 4.72. The van der Waals surface area contributed by atoms with Crippen molar-refractivity contribution in [3.8, 4) is 0 Å². The van der Waals surface area contributed by atoms with Crippen LogP contribution in [-0.4, -0.2) is 22.3 Å². The molecule has 6 heteroatoms. The van der Waals surface area contributed by atoms with Gasteiger partial charge >= 0.3 is 0 Å². The van der Waals surface area contributed by atoms with Gasteiger partial charge in [0.1, 0.15) is 5.82 Å². The molecule has 3 nitrogen and oxygen atoms in total. The smallest absolute Gasteiger partial charge is 0.139 e. The van der Waals surface area contributed by atoms with Crippen LogP contribution in [0.15, 0.2) is 16.6 Å². The van der Waals surface area contributed by atoms with Crippen LogP contribution in [0.4, 0.5) is 15.8 Å². The Bertz CT molecular complexity index is 414. The van der Waals surface area contributed by atoms with Gasteiger partial charge in [-0.1, -0.05) is 0 Å². The van der Waals surface area contributed by atoms with E-state index in [9.17, 15) is 8.60 Å². The molecule has 90 valence electrons. The third-order valence-electron chi connectivity index (χ3n) is 2.24. The summed E-state index contributed by atoms with van der Waals surface area (Å²) < 4.78 is 24.6. The first-order chi connectivity index (χ1) is 7.41. The van der Waals surface area contributed by atoms with E-state index in [4.69, 9.17) is 5.73 Å². The molecule has 2 unspecified atom stereocenters. The molecule has 0 heterocycles. The first kappa shape index (κ1) is 13.4. The maximum atomic E-state index is 13.1. The minimum absolute atomic E-state index is 0.0169. The molecule has 0 aliphatic heterocycles. The lowest BCUT2D eigenvalue weighted by Gasteiger charge is -2.13. The van der Waals surface area contributed by atoms with E-state index in [2.05, 4.69) is 21.2 Å². The number of anilines is 2. The fourth-order valence-corrected chi connectivity index (χ4v) is 1.75. The molecule has 0 saturated heterocycles. The standard InChI is InChI=1S/C10H14BrFN2OS/c1-6(16(2)15)5-14-10-3-7(11)8(12)4-9(10)13/h3-4,6,14H,5,13H2,1-2H3. The fourth-order valence-electron chi connectivity index (χ4n) is 1.09. The Labute approximate surface area is 105 Å². The van der Waals surface area contributed by atoms with Crippen molar-refractivity contribution in [2.45, 2.75) is 12.2 Å². The Morgan fingerprint density at radius 1 is 1.62 bits per heavy atom. The second kappa shape index (κ2) is 5.63. The molecule has 0 aromatic heterocycles. The number of hydrogen-bond acceptors (Lipinski definition) is 3. The summed E-state index contributed by atoms with van der Waals surface area (Å²) >= 11 is 3.09. The van der Waals surface area contributed by atoms with Crippen molar-refractivity contribution in [2.75, 3.05) is 23.9 Å². The average molecular weight is 309 g/mol. The van der Waals surface area contributed by atoms with E-state index < -0.39 is 16.6 Å². The molecule has 16 heavy (non-hydrogen) atoms. The highest BCUT2D eigenvalue weighted by Crippen LogP contribution is 2.26. The third-order valence-corrected chi connectivity index (χ3v) is 4.15. The zero-order valence-corrected chi connectivity index (χ0v) is 11.5. The van der Waals surface area contributed by atoms with Gasteiger partial charge in [-0.3, -0.25) is 4.21 Å². The summed E-state index contributed by atoms with van der Waals surface area (Å²) in [4.78, 5) is 0. The van der Waals surface area contributed by atoms with E-state index in [1.54, 1.807) is 12.3 Å². The zero-order chi connectivity index (χ0) is 12.3. The first-order valence-corrected chi connectivity index (χ1v) is 7.14. The summed E-state index contributed by atoms with van der Waals surface area (Å²) in [6, 6.07) is 2.83. The van der Waals surface area contributed by atoms with Crippen molar-refractivity contribution in [2.24, 2.45) is 0 Å². The van der Waals surface area contributed by atoms with E-state index >= 15 is 0 Å². The Balaban J connectivity index is 2.74. The van der Waals surface area contributed by atoms with Gasteiger partial charge in [0.05, 0.1) is 15.8 Å². The molecule has 0 spiro atoms. The molecule has 3 N–H and O–H groups in total. The average Bonchev–Trinajstić information content (AvgIpc) is 2.20. The molecule has 1 rings (SSSR count). The van der Waals surface area contributed by atoms with E-state index in [-0.39, 0.29) is 5.25 Å². The highest BCUT2D eigenvalue weighted by atomic mass is 79.9. The van der Waals surface area contributed by atoms with Crippen molar-refractivity contribution in [1.29, 1.82) is 0 Å². The van der Waals surface area contributed by atoms with E-state index in [0.717, 1.165) is 0 Å². The lowest BCUT2D eigenvalue weighted by atomic mass is 10.2. The maximum Gasteiger partial charge on any atom is 0.139 e. The van der Waals surface area contributed by atoms with Crippen LogP contribution in [0.1, 0.15) is 6.92 Å². The van der Waals surface area contributed by atoms with Crippen LogP contribution in [0.25, 0.3) is 0 Å². The summed E-state index contributed by atoms with van der Waals surface area (Å²) in [6.45, 7) is 2.41. The molecule has 1 aromatic rings. The summed E-state index contributed by atoms with van der Waals surface area (Å²) in [5.74, 6) is -0.393. The van der Waals surface area contributed by atoms with Crippen LogP contribution in [0, 0.1) is 5.82 Å². The summed E-state index contributed by atoms with van der Waals surface area (Å²) in [6.07, 6.45) is 1.65. The lowest BCUT2D eigenvalue weighted by Crippen LogP contribution is -2.21. The normalized spacial score (nSPS) is 14.5. The predicted octanol–water partition coefficient (Wildman–Crippen LogP) is 2.35. The highest BCUT2D eigenvalue weighted by Gasteiger charge is 2.09. The highest BCUT2D eigenvalue weighted by molar-refractivity contribution is 9.10. The number of rotatable bonds is 4. The van der Waals surface area contributed by atoms with Crippen LogP contribution in [0.5, 0.6) is 0 Å². The lowest BCUT2D eigenvalue weighted by molar-refractivity contribution is 0.622. The fraction of sp³-hybridized carbons (Fsp3) is 0.400. The topological polar surface area (TPSA) is 55.1 Å². The van der Waals surface area contributed by atoms with Gasteiger partial charge in [0.25, 0.3) is 0 Å². The Morgan fingerprint density at radius 2 is 2.25 bits per heavy atom. The van der Waals surface area contributed by atoms with Gasteiger partial charge in [-0.25, -0.2) is 4.39 Å². The van der Waals surface area contributed by atoms with Crippen molar-refractivity contribution >= 4 is 38.1 Å². The van der Waals surface area contributed by atoms with Gasteiger partial charge < -0.3 is 11.1 Å². The second-order valence-corrected chi connectivity index (χ2v) is 6.20. The molecular weight excluding hydrogens is 295 g/mol. The van der Waals surface area contributed by atoms with Crippen molar-refractivity contribution in [3.05, 3.63) is 22.4 Å². The monoisotopic (exact) mass is 308 g/mol. The van der Waals surface area contributed by atoms with Gasteiger partial charge in [0, 0.05) is 34.9 Å². The SMILES string of the molecule is CC(CNc1cc(Br)c(F)cc1N)S(C)=O. The van der Waals surface area contributed by atoms with E-state index in [1.165, 1.54) is 6.07 Å². The molecule has 0 fully saturated rings. The number of halogens is 2. The Hall–Kier alpha value is -0.620. The number of hydrogen-bond donors (Lipinski definition) is 2. The van der Waals surface area contributed by atoms with E-state index in [1.807, 2.05) is 6.92 Å². The third kappa shape index (κ3) is 3.45. The van der Waals surface area contributed by atoms with Crippen LogP contribution in [-0.2, 0) is 10.8 Å². The molecule has 0 amide bonds. The van der Waals surface area contributed by atoms with Crippen LogP contribution in [0.2, 0.25) is 0 Å². The Kier molecular flexibility index (Phi) is 4.73. The maximum absolute atomic E-state index is 13.1. The van der Waals surface area contributed by atoms with Crippen molar-refractivity contribution in [3.63, 3.8) is 0 Å². The van der Waals surface area contributed by atoms with Crippen LogP contribution >= 0.6 is 15.9 Å². The summed E-state index contributed by atoms with van der Waals surface area (Å²) in [5, 5.41) is 3.06. The number of nitrogens with one attached hydrogen (secondary N) is 1. The zero-order valence-electron chi connectivity index (χ0n) is 9.09. The largest absolute Gasteiger partial charge is 0.397 e. The van der Waals surface area contributed by atoms with Gasteiger partial charge in [-0.05, 0) is 28.9 Å². The molecule has 0 radical (unpaired) electrons. The molecule has 0 aliphatic rings. The minimum Gasteiger partial charge on any atom is -0.397 e. The molecule has 0 saturated carbocycles. The van der Waals surface area contributed by atoms with Crippen molar-refractivity contribution in [1.82, 2.24) is 0 Å². The quantitative estimate of drug-likeness (QED) is 0.840. The van der Waals surface area contributed by atoms with Gasteiger partial charge in [0.15, 0.2) is 0 Å². The van der Waals surface area contributed by atoms with Gasteiger partial charge in [-0.15, -0.1) is 0 Å². The minimum atomic E-state index is -0.889. The number of nitrogen functional groups attached to an aromatic ring is 1. The van der Waals surface area contributed by atoms with Gasteiger partial charge in [-0.2, -0.15) is 0 Å². The molecule has 2 atom stereocenters. The molecule has 0 aliphatic carbocycles.